The highest BCUT2D eigenvalue weighted by atomic mass is 15.3. The maximum absolute atomic E-state index is 2.43. The SMILES string of the molecule is CC1CN1C/C=C/c1ccccc1. The fourth-order valence-corrected chi connectivity index (χ4v) is 1.44. The Morgan fingerprint density at radius 3 is 2.69 bits per heavy atom. The molecule has 0 aliphatic carbocycles. The van der Waals surface area contributed by atoms with Crippen LogP contribution in [0.2, 0.25) is 0 Å². The Morgan fingerprint density at radius 2 is 2.08 bits per heavy atom. The molecule has 2 unspecified atom stereocenters. The summed E-state index contributed by atoms with van der Waals surface area (Å²) in [7, 11) is 0. The minimum atomic E-state index is 0.806. The molecule has 1 heterocycles. The Morgan fingerprint density at radius 1 is 1.38 bits per heavy atom. The number of hydrogen-bond donors (Lipinski definition) is 0. The van der Waals surface area contributed by atoms with Gasteiger partial charge in [-0.2, -0.15) is 0 Å². The lowest BCUT2D eigenvalue weighted by atomic mass is 10.2. The van der Waals surface area contributed by atoms with Crippen LogP contribution in [0.4, 0.5) is 0 Å². The molecule has 1 aliphatic heterocycles. The standard InChI is InChI=1S/C12H15N/c1-11-10-13(11)9-5-8-12-6-3-2-4-7-12/h2-8,11H,9-10H2,1H3/b8-5+. The Hall–Kier alpha value is -1.08. The zero-order chi connectivity index (χ0) is 9.10. The van der Waals surface area contributed by atoms with Crippen LogP contribution >= 0.6 is 0 Å². The van der Waals surface area contributed by atoms with E-state index in [2.05, 4.69) is 48.2 Å². The molecule has 1 heteroatoms. The molecule has 0 N–H and O–H groups in total. The van der Waals surface area contributed by atoms with Crippen molar-refractivity contribution in [2.45, 2.75) is 13.0 Å². The first-order chi connectivity index (χ1) is 6.36. The van der Waals surface area contributed by atoms with E-state index in [1.165, 1.54) is 12.1 Å². The Balaban J connectivity index is 1.84. The summed E-state index contributed by atoms with van der Waals surface area (Å²) in [5, 5.41) is 0. The molecular formula is C12H15N. The molecule has 1 aromatic carbocycles. The van der Waals surface area contributed by atoms with Crippen molar-refractivity contribution in [3.8, 4) is 0 Å². The maximum Gasteiger partial charge on any atom is 0.0199 e. The van der Waals surface area contributed by atoms with Crippen LogP contribution in [0.3, 0.4) is 0 Å². The third-order valence-corrected chi connectivity index (χ3v) is 2.44. The van der Waals surface area contributed by atoms with Crippen LogP contribution in [0.5, 0.6) is 0 Å². The molecule has 0 amide bonds. The lowest BCUT2D eigenvalue weighted by molar-refractivity contribution is 0.580. The van der Waals surface area contributed by atoms with Crippen LogP contribution in [0.1, 0.15) is 12.5 Å². The third-order valence-electron chi connectivity index (χ3n) is 2.44. The Bertz CT molecular complexity index is 289. The van der Waals surface area contributed by atoms with Crippen molar-refractivity contribution < 1.29 is 0 Å². The van der Waals surface area contributed by atoms with Crippen LogP contribution in [-0.2, 0) is 0 Å². The summed E-state index contributed by atoms with van der Waals surface area (Å²) in [6.45, 7) is 4.62. The van der Waals surface area contributed by atoms with Gasteiger partial charge in [-0.15, -0.1) is 0 Å². The molecule has 1 aromatic rings. The molecule has 1 nitrogen and oxygen atoms in total. The van der Waals surface area contributed by atoms with Gasteiger partial charge in [0.05, 0.1) is 0 Å². The first-order valence-corrected chi connectivity index (χ1v) is 4.82. The monoisotopic (exact) mass is 173 g/mol. The first-order valence-electron chi connectivity index (χ1n) is 4.82. The lowest BCUT2D eigenvalue weighted by Crippen LogP contribution is -1.97. The molecule has 0 radical (unpaired) electrons. The average molecular weight is 173 g/mol. The van der Waals surface area contributed by atoms with Crippen molar-refractivity contribution in [3.63, 3.8) is 0 Å². The van der Waals surface area contributed by atoms with Crippen molar-refractivity contribution in [1.29, 1.82) is 0 Å². The van der Waals surface area contributed by atoms with Gasteiger partial charge in [-0.1, -0.05) is 42.5 Å². The number of benzene rings is 1. The second kappa shape index (κ2) is 3.75. The third kappa shape index (κ3) is 2.43. The molecule has 1 aliphatic rings. The summed E-state index contributed by atoms with van der Waals surface area (Å²) in [4.78, 5) is 2.43. The van der Waals surface area contributed by atoms with Gasteiger partial charge in [-0.25, -0.2) is 0 Å². The van der Waals surface area contributed by atoms with Crippen molar-refractivity contribution in [2.24, 2.45) is 0 Å². The molecule has 0 aromatic heterocycles. The molecule has 0 bridgehead atoms. The fourth-order valence-electron chi connectivity index (χ4n) is 1.44. The van der Waals surface area contributed by atoms with Gasteiger partial charge in [0.15, 0.2) is 0 Å². The van der Waals surface area contributed by atoms with E-state index in [9.17, 15) is 0 Å². The first kappa shape index (κ1) is 8.52. The summed E-state index contributed by atoms with van der Waals surface area (Å²) in [6.07, 6.45) is 4.42. The van der Waals surface area contributed by atoms with Crippen LogP contribution in [-0.4, -0.2) is 24.0 Å². The van der Waals surface area contributed by atoms with Gasteiger partial charge in [-0.05, 0) is 12.5 Å². The molecule has 0 saturated carbocycles. The van der Waals surface area contributed by atoms with E-state index in [1.54, 1.807) is 0 Å². The summed E-state index contributed by atoms with van der Waals surface area (Å²) in [5.41, 5.74) is 1.29. The molecule has 2 rings (SSSR count). The van der Waals surface area contributed by atoms with Crippen molar-refractivity contribution in [1.82, 2.24) is 4.90 Å². The van der Waals surface area contributed by atoms with E-state index in [-0.39, 0.29) is 0 Å². The zero-order valence-electron chi connectivity index (χ0n) is 7.98. The minimum Gasteiger partial charge on any atom is -0.294 e. The van der Waals surface area contributed by atoms with Gasteiger partial charge in [0.25, 0.3) is 0 Å². The van der Waals surface area contributed by atoms with E-state index in [0.29, 0.717) is 0 Å². The Kier molecular flexibility index (Phi) is 2.46. The summed E-state index contributed by atoms with van der Waals surface area (Å²) >= 11 is 0. The zero-order valence-corrected chi connectivity index (χ0v) is 7.98. The molecule has 68 valence electrons. The largest absolute Gasteiger partial charge is 0.294 e. The molecule has 0 spiro atoms. The normalized spacial score (nSPS) is 26.5. The van der Waals surface area contributed by atoms with E-state index in [1.807, 2.05) is 6.07 Å². The van der Waals surface area contributed by atoms with Gasteiger partial charge in [-0.3, -0.25) is 4.90 Å². The second-order valence-electron chi connectivity index (χ2n) is 3.62. The predicted molar refractivity (Wildman–Crippen MR) is 56.5 cm³/mol. The van der Waals surface area contributed by atoms with Crippen molar-refractivity contribution >= 4 is 6.08 Å². The highest BCUT2D eigenvalue weighted by molar-refractivity contribution is 5.48. The van der Waals surface area contributed by atoms with Crippen LogP contribution in [0, 0.1) is 0 Å². The van der Waals surface area contributed by atoms with Crippen LogP contribution < -0.4 is 0 Å². The van der Waals surface area contributed by atoms with Crippen molar-refractivity contribution in [2.75, 3.05) is 13.1 Å². The molecule has 13 heavy (non-hydrogen) atoms. The van der Waals surface area contributed by atoms with E-state index < -0.39 is 0 Å². The van der Waals surface area contributed by atoms with Gasteiger partial charge in [0, 0.05) is 19.1 Å². The highest BCUT2D eigenvalue weighted by Crippen LogP contribution is 2.15. The van der Waals surface area contributed by atoms with Crippen LogP contribution in [0.25, 0.3) is 6.08 Å². The van der Waals surface area contributed by atoms with Crippen molar-refractivity contribution in [3.05, 3.63) is 42.0 Å². The van der Waals surface area contributed by atoms with Gasteiger partial charge in [0.1, 0.15) is 0 Å². The summed E-state index contributed by atoms with van der Waals surface area (Å²) in [5.74, 6) is 0. The van der Waals surface area contributed by atoms with E-state index in [4.69, 9.17) is 0 Å². The van der Waals surface area contributed by atoms with Gasteiger partial charge in [0.2, 0.25) is 0 Å². The molecule has 1 saturated heterocycles. The topological polar surface area (TPSA) is 3.01 Å². The summed E-state index contributed by atoms with van der Waals surface area (Å²) in [6, 6.07) is 11.2. The maximum atomic E-state index is 2.43. The van der Waals surface area contributed by atoms with E-state index >= 15 is 0 Å². The quantitative estimate of drug-likeness (QED) is 0.634. The van der Waals surface area contributed by atoms with Gasteiger partial charge < -0.3 is 0 Å². The molecule has 1 fully saturated rings. The van der Waals surface area contributed by atoms with E-state index in [0.717, 1.165) is 12.6 Å². The van der Waals surface area contributed by atoms with Crippen LogP contribution in [0.15, 0.2) is 36.4 Å². The minimum absolute atomic E-state index is 0.806. The smallest absolute Gasteiger partial charge is 0.0199 e. The second-order valence-corrected chi connectivity index (χ2v) is 3.62. The average Bonchev–Trinajstić information content (AvgIpc) is 2.84. The lowest BCUT2D eigenvalue weighted by Gasteiger charge is -1.94. The highest BCUT2D eigenvalue weighted by Gasteiger charge is 2.26. The Labute approximate surface area is 79.7 Å². The molecule has 2 atom stereocenters. The number of rotatable bonds is 3. The number of hydrogen-bond acceptors (Lipinski definition) is 1. The molecular weight excluding hydrogens is 158 g/mol. The predicted octanol–water partition coefficient (Wildman–Crippen LogP) is 2.40. The summed E-state index contributed by atoms with van der Waals surface area (Å²) < 4.78 is 0. The van der Waals surface area contributed by atoms with Gasteiger partial charge >= 0.3 is 0 Å². The number of nitrogens with zero attached hydrogens (tertiary/aromatic N) is 1. The fraction of sp³-hybridized carbons (Fsp3) is 0.333.